The van der Waals surface area contributed by atoms with Crippen LogP contribution in [0.5, 0.6) is 0 Å². The molecule has 148 valence electrons. The second-order valence-electron chi connectivity index (χ2n) is 7.15. The molecule has 0 aliphatic carbocycles. The summed E-state index contributed by atoms with van der Waals surface area (Å²) in [5, 5.41) is 15.9. The first-order valence-corrected chi connectivity index (χ1v) is 8.94. The Morgan fingerprint density at radius 1 is 1.10 bits per heavy atom. The van der Waals surface area contributed by atoms with Crippen LogP contribution in [0.2, 0.25) is 0 Å². The summed E-state index contributed by atoms with van der Waals surface area (Å²) in [5.41, 5.74) is 1.23. The van der Waals surface area contributed by atoms with Crippen LogP contribution in [0.25, 0.3) is 11.1 Å². The van der Waals surface area contributed by atoms with Crippen molar-refractivity contribution in [2.75, 3.05) is 5.32 Å². The van der Waals surface area contributed by atoms with Crippen molar-refractivity contribution in [1.29, 1.82) is 0 Å². The Balaban J connectivity index is 1.54. The molecule has 0 atom stereocenters. The first-order valence-electron chi connectivity index (χ1n) is 8.94. The van der Waals surface area contributed by atoms with Gasteiger partial charge in [-0.3, -0.25) is 14.7 Å². The monoisotopic (exact) mass is 393 g/mol. The smallest absolute Gasteiger partial charge is 0.287 e. The van der Waals surface area contributed by atoms with Crippen LogP contribution in [0.4, 0.5) is 5.82 Å². The van der Waals surface area contributed by atoms with Crippen molar-refractivity contribution in [3.05, 3.63) is 65.2 Å². The minimum Gasteiger partial charge on any atom is -0.445 e. The van der Waals surface area contributed by atoms with Crippen molar-refractivity contribution in [2.24, 2.45) is 0 Å². The molecule has 0 aliphatic heterocycles. The van der Waals surface area contributed by atoms with E-state index in [0.717, 1.165) is 5.56 Å². The third kappa shape index (κ3) is 3.62. The number of carbonyl (C=O) groups is 2. The SMILES string of the molecule is Cc1cc(C(=O)Nc2n[nH]c3cc(C(=O)NC(C)(C)c4ccccc4)oc23)no1. The van der Waals surface area contributed by atoms with Crippen LogP contribution in [-0.2, 0) is 5.54 Å². The van der Waals surface area contributed by atoms with Gasteiger partial charge in [-0.15, -0.1) is 0 Å². The highest BCUT2D eigenvalue weighted by Crippen LogP contribution is 2.26. The molecule has 3 N–H and O–H groups in total. The van der Waals surface area contributed by atoms with Crippen LogP contribution < -0.4 is 10.6 Å². The van der Waals surface area contributed by atoms with Crippen molar-refractivity contribution in [3.63, 3.8) is 0 Å². The first kappa shape index (κ1) is 18.5. The van der Waals surface area contributed by atoms with Crippen molar-refractivity contribution < 1.29 is 18.5 Å². The van der Waals surface area contributed by atoms with Crippen LogP contribution in [0.1, 0.15) is 46.2 Å². The van der Waals surface area contributed by atoms with E-state index < -0.39 is 11.4 Å². The zero-order valence-corrected chi connectivity index (χ0v) is 16.1. The van der Waals surface area contributed by atoms with Gasteiger partial charge in [-0.25, -0.2) is 0 Å². The Morgan fingerprint density at radius 3 is 2.55 bits per heavy atom. The lowest BCUT2D eigenvalue weighted by Gasteiger charge is -2.26. The number of benzene rings is 1. The van der Waals surface area contributed by atoms with Gasteiger partial charge >= 0.3 is 0 Å². The molecule has 0 saturated heterocycles. The summed E-state index contributed by atoms with van der Waals surface area (Å²) >= 11 is 0. The molecule has 0 saturated carbocycles. The largest absolute Gasteiger partial charge is 0.445 e. The quantitative estimate of drug-likeness (QED) is 0.477. The second kappa shape index (κ2) is 6.93. The molecule has 1 aromatic carbocycles. The molecule has 0 radical (unpaired) electrons. The summed E-state index contributed by atoms with van der Waals surface area (Å²) < 4.78 is 10.6. The molecule has 3 heterocycles. The number of fused-ring (bicyclic) bond motifs is 1. The number of nitrogens with zero attached hydrogens (tertiary/aromatic N) is 2. The number of hydrogen-bond donors (Lipinski definition) is 3. The van der Waals surface area contributed by atoms with E-state index >= 15 is 0 Å². The van der Waals surface area contributed by atoms with E-state index in [4.69, 9.17) is 8.94 Å². The third-order valence-electron chi connectivity index (χ3n) is 4.47. The van der Waals surface area contributed by atoms with E-state index in [1.54, 1.807) is 6.92 Å². The summed E-state index contributed by atoms with van der Waals surface area (Å²) in [6.45, 7) is 5.50. The van der Waals surface area contributed by atoms with Crippen LogP contribution in [0.3, 0.4) is 0 Å². The zero-order valence-electron chi connectivity index (χ0n) is 16.1. The average molecular weight is 393 g/mol. The first-order chi connectivity index (χ1) is 13.8. The van der Waals surface area contributed by atoms with Crippen LogP contribution in [0, 0.1) is 6.92 Å². The molecule has 4 aromatic rings. The standard InChI is InChI=1S/C20H19N5O4/c1-11-9-14(25-29-11)18(26)21-17-16-13(23-24-17)10-15(28-16)19(27)22-20(2,3)12-7-5-4-6-8-12/h4-10H,1-3H3,(H,22,27)(H2,21,23,24,26). The van der Waals surface area contributed by atoms with Gasteiger partial charge in [0.25, 0.3) is 11.8 Å². The minimum atomic E-state index is -0.598. The fourth-order valence-electron chi connectivity index (χ4n) is 2.93. The lowest BCUT2D eigenvalue weighted by molar-refractivity contribution is 0.0885. The van der Waals surface area contributed by atoms with Crippen LogP contribution in [-0.4, -0.2) is 27.2 Å². The predicted octanol–water partition coefficient (Wildman–Crippen LogP) is 3.37. The number of furan rings is 1. The molecule has 9 nitrogen and oxygen atoms in total. The van der Waals surface area contributed by atoms with E-state index in [-0.39, 0.29) is 28.8 Å². The average Bonchev–Trinajstić information content (AvgIpc) is 3.39. The molecule has 3 aromatic heterocycles. The molecule has 9 heteroatoms. The molecular formula is C20H19N5O4. The highest BCUT2D eigenvalue weighted by atomic mass is 16.5. The number of anilines is 1. The Labute approximate surface area is 165 Å². The number of aryl methyl sites for hydroxylation is 1. The molecule has 0 spiro atoms. The maximum absolute atomic E-state index is 12.7. The lowest BCUT2D eigenvalue weighted by Crippen LogP contribution is -2.40. The zero-order chi connectivity index (χ0) is 20.6. The van der Waals surface area contributed by atoms with Gasteiger partial charge in [0.05, 0.1) is 5.54 Å². The lowest BCUT2D eigenvalue weighted by atomic mass is 9.94. The van der Waals surface area contributed by atoms with Gasteiger partial charge in [-0.1, -0.05) is 35.5 Å². The molecule has 0 aliphatic rings. The Bertz CT molecular complexity index is 1190. The topological polar surface area (TPSA) is 126 Å². The normalized spacial score (nSPS) is 11.6. The van der Waals surface area contributed by atoms with E-state index in [1.165, 1.54) is 12.1 Å². The Hall–Kier alpha value is -3.88. The van der Waals surface area contributed by atoms with Crippen molar-refractivity contribution in [3.8, 4) is 0 Å². The molecule has 2 amide bonds. The highest BCUT2D eigenvalue weighted by Gasteiger charge is 2.26. The molecule has 0 bridgehead atoms. The van der Waals surface area contributed by atoms with Gasteiger partial charge < -0.3 is 19.6 Å². The summed E-state index contributed by atoms with van der Waals surface area (Å²) in [7, 11) is 0. The van der Waals surface area contributed by atoms with E-state index in [1.807, 2.05) is 44.2 Å². The van der Waals surface area contributed by atoms with E-state index in [9.17, 15) is 9.59 Å². The van der Waals surface area contributed by atoms with Gasteiger partial charge in [0.2, 0.25) is 0 Å². The number of aromatic nitrogens is 3. The number of H-pyrrole nitrogens is 1. The summed E-state index contributed by atoms with van der Waals surface area (Å²) in [4.78, 5) is 25.0. The highest BCUT2D eigenvalue weighted by molar-refractivity contribution is 6.06. The second-order valence-corrected chi connectivity index (χ2v) is 7.15. The summed E-state index contributed by atoms with van der Waals surface area (Å²) in [6.07, 6.45) is 0. The fourth-order valence-corrected chi connectivity index (χ4v) is 2.93. The maximum Gasteiger partial charge on any atom is 0.287 e. The van der Waals surface area contributed by atoms with Gasteiger partial charge in [-0.05, 0) is 26.3 Å². The number of rotatable bonds is 5. The number of carbonyl (C=O) groups excluding carboxylic acids is 2. The number of aromatic amines is 1. The number of hydrogen-bond acceptors (Lipinski definition) is 6. The van der Waals surface area contributed by atoms with Crippen LogP contribution in [0.15, 0.2) is 51.4 Å². The van der Waals surface area contributed by atoms with Crippen molar-refractivity contribution in [2.45, 2.75) is 26.3 Å². The summed E-state index contributed by atoms with van der Waals surface area (Å²) in [5.74, 6) is -0.103. The number of nitrogens with one attached hydrogen (secondary N) is 3. The van der Waals surface area contributed by atoms with E-state index in [0.29, 0.717) is 11.3 Å². The third-order valence-corrected chi connectivity index (χ3v) is 4.47. The van der Waals surface area contributed by atoms with Gasteiger partial charge in [0.1, 0.15) is 11.3 Å². The van der Waals surface area contributed by atoms with Gasteiger partial charge in [0, 0.05) is 12.1 Å². The maximum atomic E-state index is 12.7. The van der Waals surface area contributed by atoms with Gasteiger partial charge in [-0.2, -0.15) is 5.10 Å². The number of amides is 2. The molecule has 4 rings (SSSR count). The van der Waals surface area contributed by atoms with Crippen LogP contribution >= 0.6 is 0 Å². The predicted molar refractivity (Wildman–Crippen MR) is 104 cm³/mol. The molecule has 29 heavy (non-hydrogen) atoms. The Morgan fingerprint density at radius 2 is 1.86 bits per heavy atom. The van der Waals surface area contributed by atoms with Crippen molar-refractivity contribution >= 4 is 28.7 Å². The Kier molecular flexibility index (Phi) is 4.42. The summed E-state index contributed by atoms with van der Waals surface area (Å²) in [6, 6.07) is 12.7. The molecule has 0 unspecified atom stereocenters. The van der Waals surface area contributed by atoms with Crippen molar-refractivity contribution in [1.82, 2.24) is 20.7 Å². The fraction of sp³-hybridized carbons (Fsp3) is 0.200. The van der Waals surface area contributed by atoms with Gasteiger partial charge in [0.15, 0.2) is 22.9 Å². The molecular weight excluding hydrogens is 374 g/mol. The molecule has 0 fully saturated rings. The minimum absolute atomic E-state index is 0.102. The van der Waals surface area contributed by atoms with E-state index in [2.05, 4.69) is 26.0 Å².